The third kappa shape index (κ3) is 6.64. The van der Waals surface area contributed by atoms with E-state index in [4.69, 9.17) is 4.52 Å². The molecule has 0 atom stereocenters. The molecule has 1 aromatic carbocycles. The third-order valence-electron chi connectivity index (χ3n) is 6.72. The van der Waals surface area contributed by atoms with Gasteiger partial charge in [0.1, 0.15) is 11.5 Å². The number of rotatable bonds is 5. The lowest BCUT2D eigenvalue weighted by Crippen LogP contribution is -2.41. The molecule has 0 saturated carbocycles. The van der Waals surface area contributed by atoms with Crippen LogP contribution in [-0.2, 0) is 13.0 Å². The van der Waals surface area contributed by atoms with Crippen molar-refractivity contribution in [3.05, 3.63) is 77.2 Å². The Morgan fingerprint density at radius 3 is 2.53 bits per heavy atom. The molecule has 8 nitrogen and oxygen atoms in total. The van der Waals surface area contributed by atoms with Crippen molar-refractivity contribution in [2.45, 2.75) is 53.1 Å². The van der Waals surface area contributed by atoms with Crippen LogP contribution in [0, 0.1) is 11.7 Å². The molecule has 38 heavy (non-hydrogen) atoms. The highest BCUT2D eigenvalue weighted by Crippen LogP contribution is 2.27. The molecule has 2 aromatic heterocycles. The first-order valence-corrected chi connectivity index (χ1v) is 13.2. The lowest BCUT2D eigenvalue weighted by atomic mass is 10.1. The molecule has 3 heterocycles. The van der Waals surface area contributed by atoms with Crippen LogP contribution < -0.4 is 4.90 Å². The maximum atomic E-state index is 14.6. The van der Waals surface area contributed by atoms with E-state index in [-0.39, 0.29) is 35.9 Å². The van der Waals surface area contributed by atoms with E-state index in [9.17, 15) is 14.0 Å². The number of hydrogen-bond donors (Lipinski definition) is 0. The summed E-state index contributed by atoms with van der Waals surface area (Å²) in [5, 5.41) is 4.09. The molecular weight excluding hydrogens is 485 g/mol. The molecule has 2 amide bonds. The summed E-state index contributed by atoms with van der Waals surface area (Å²) in [5.74, 6) is -0.485. The molecule has 9 heteroatoms. The second kappa shape index (κ2) is 12.3. The predicted molar refractivity (Wildman–Crippen MR) is 143 cm³/mol. The van der Waals surface area contributed by atoms with Crippen molar-refractivity contribution in [1.29, 1.82) is 0 Å². The van der Waals surface area contributed by atoms with Gasteiger partial charge in [0, 0.05) is 51.0 Å². The fraction of sp³-hybridized carbons (Fsp3) is 0.448. The van der Waals surface area contributed by atoms with Crippen LogP contribution in [0.25, 0.3) is 0 Å². The van der Waals surface area contributed by atoms with Crippen LogP contribution in [0.2, 0.25) is 0 Å². The summed E-state index contributed by atoms with van der Waals surface area (Å²) in [6.45, 7) is 10.8. The van der Waals surface area contributed by atoms with Crippen molar-refractivity contribution in [3.8, 4) is 0 Å². The first kappa shape index (κ1) is 27.4. The number of fused-ring (bicyclic) bond motifs is 1. The fourth-order valence-corrected chi connectivity index (χ4v) is 4.73. The van der Waals surface area contributed by atoms with Gasteiger partial charge < -0.3 is 14.3 Å². The van der Waals surface area contributed by atoms with Gasteiger partial charge in [-0.05, 0) is 62.4 Å². The average Bonchev–Trinajstić information content (AvgIpc) is 3.34. The van der Waals surface area contributed by atoms with Gasteiger partial charge in [0.2, 0.25) is 5.76 Å². The van der Waals surface area contributed by atoms with E-state index in [0.29, 0.717) is 49.6 Å². The molecule has 202 valence electrons. The quantitative estimate of drug-likeness (QED) is 0.479. The SMILES string of the molecule is CC(C)Cc1cc(C(=O)N2CCN(C(C)C)CCCN(C(=O)c3ccccn3)c3cc(F)ccc3C2)on1. The Morgan fingerprint density at radius 2 is 1.82 bits per heavy atom. The van der Waals surface area contributed by atoms with Crippen molar-refractivity contribution >= 4 is 17.5 Å². The molecule has 0 unspecified atom stereocenters. The third-order valence-corrected chi connectivity index (χ3v) is 6.72. The van der Waals surface area contributed by atoms with Crippen LogP contribution in [-0.4, -0.2) is 64.0 Å². The molecule has 0 saturated heterocycles. The van der Waals surface area contributed by atoms with Gasteiger partial charge in [-0.2, -0.15) is 0 Å². The van der Waals surface area contributed by atoms with Crippen molar-refractivity contribution in [2.75, 3.05) is 31.1 Å². The summed E-state index contributed by atoms with van der Waals surface area (Å²) < 4.78 is 20.0. The molecule has 0 N–H and O–H groups in total. The van der Waals surface area contributed by atoms with E-state index >= 15 is 0 Å². The summed E-state index contributed by atoms with van der Waals surface area (Å²) in [6.07, 6.45) is 2.96. The lowest BCUT2D eigenvalue weighted by Gasteiger charge is -2.29. The number of hydrogen-bond acceptors (Lipinski definition) is 6. The Morgan fingerprint density at radius 1 is 1.00 bits per heavy atom. The van der Waals surface area contributed by atoms with Crippen LogP contribution in [0.5, 0.6) is 0 Å². The Hall–Kier alpha value is -3.59. The smallest absolute Gasteiger partial charge is 0.292 e. The minimum atomic E-state index is -0.451. The zero-order valence-electron chi connectivity index (χ0n) is 22.6. The van der Waals surface area contributed by atoms with Crippen molar-refractivity contribution in [2.24, 2.45) is 5.92 Å². The first-order chi connectivity index (χ1) is 18.2. The first-order valence-electron chi connectivity index (χ1n) is 13.2. The Balaban J connectivity index is 1.72. The van der Waals surface area contributed by atoms with E-state index < -0.39 is 5.82 Å². The van der Waals surface area contributed by atoms with Crippen LogP contribution in [0.1, 0.15) is 66.4 Å². The highest BCUT2D eigenvalue weighted by atomic mass is 19.1. The molecule has 0 spiro atoms. The normalized spacial score (nSPS) is 15.4. The number of amides is 2. The van der Waals surface area contributed by atoms with Crippen molar-refractivity contribution < 1.29 is 18.5 Å². The fourth-order valence-electron chi connectivity index (χ4n) is 4.73. The lowest BCUT2D eigenvalue weighted by molar-refractivity contribution is 0.0670. The molecule has 0 aliphatic carbocycles. The van der Waals surface area contributed by atoms with E-state index in [1.165, 1.54) is 12.1 Å². The Kier molecular flexibility index (Phi) is 8.89. The maximum absolute atomic E-state index is 14.6. The summed E-state index contributed by atoms with van der Waals surface area (Å²) in [6, 6.07) is 11.5. The second-order valence-electron chi connectivity index (χ2n) is 10.4. The maximum Gasteiger partial charge on any atom is 0.292 e. The molecule has 1 aliphatic heterocycles. The topological polar surface area (TPSA) is 82.8 Å². The van der Waals surface area contributed by atoms with Crippen molar-refractivity contribution in [3.63, 3.8) is 0 Å². The molecular formula is C29H36FN5O3. The van der Waals surface area contributed by atoms with Crippen LogP contribution in [0.15, 0.2) is 53.2 Å². The van der Waals surface area contributed by atoms with E-state index in [1.807, 2.05) is 0 Å². The molecule has 4 rings (SSSR count). The number of aromatic nitrogens is 2. The van der Waals surface area contributed by atoms with E-state index in [2.05, 4.69) is 42.7 Å². The van der Waals surface area contributed by atoms with Crippen molar-refractivity contribution in [1.82, 2.24) is 19.9 Å². The van der Waals surface area contributed by atoms with Gasteiger partial charge >= 0.3 is 0 Å². The molecule has 0 radical (unpaired) electrons. The molecule has 3 aromatic rings. The minimum absolute atomic E-state index is 0.177. The monoisotopic (exact) mass is 521 g/mol. The highest BCUT2D eigenvalue weighted by Gasteiger charge is 2.28. The summed E-state index contributed by atoms with van der Waals surface area (Å²) in [5.41, 5.74) is 2.13. The minimum Gasteiger partial charge on any atom is -0.351 e. The van der Waals surface area contributed by atoms with Gasteiger partial charge in [0.05, 0.1) is 11.4 Å². The van der Waals surface area contributed by atoms with E-state index in [1.54, 1.807) is 46.3 Å². The van der Waals surface area contributed by atoms with Gasteiger partial charge in [-0.3, -0.25) is 19.5 Å². The molecule has 1 aliphatic rings. The van der Waals surface area contributed by atoms with E-state index in [0.717, 1.165) is 12.2 Å². The number of benzene rings is 1. The van der Waals surface area contributed by atoms with Gasteiger partial charge in [-0.25, -0.2) is 4.39 Å². The largest absolute Gasteiger partial charge is 0.351 e. The Labute approximate surface area is 223 Å². The Bertz CT molecular complexity index is 1240. The number of pyridine rings is 1. The number of nitrogens with zero attached hydrogens (tertiary/aromatic N) is 5. The second-order valence-corrected chi connectivity index (χ2v) is 10.4. The summed E-state index contributed by atoms with van der Waals surface area (Å²) >= 11 is 0. The zero-order valence-corrected chi connectivity index (χ0v) is 22.6. The molecule has 0 fully saturated rings. The molecule has 0 bridgehead atoms. The summed E-state index contributed by atoms with van der Waals surface area (Å²) in [7, 11) is 0. The number of carbonyl (C=O) groups excluding carboxylic acids is 2. The zero-order chi connectivity index (χ0) is 27.2. The van der Waals surface area contributed by atoms with Gasteiger partial charge in [-0.1, -0.05) is 31.1 Å². The highest BCUT2D eigenvalue weighted by molar-refractivity contribution is 6.05. The predicted octanol–water partition coefficient (Wildman–Crippen LogP) is 4.81. The number of anilines is 1. The van der Waals surface area contributed by atoms with Crippen LogP contribution in [0.3, 0.4) is 0 Å². The number of halogens is 1. The van der Waals surface area contributed by atoms with Crippen LogP contribution in [0.4, 0.5) is 10.1 Å². The van der Waals surface area contributed by atoms with Gasteiger partial charge in [-0.15, -0.1) is 0 Å². The number of carbonyl (C=O) groups is 2. The average molecular weight is 522 g/mol. The summed E-state index contributed by atoms with van der Waals surface area (Å²) in [4.78, 5) is 37.0. The van der Waals surface area contributed by atoms with Gasteiger partial charge in [0.25, 0.3) is 11.8 Å². The van der Waals surface area contributed by atoms with Gasteiger partial charge in [0.15, 0.2) is 0 Å². The standard InChI is InChI=1S/C29H36FN5O3/c1-20(2)16-24-18-27(38-32-24)29(37)34-15-14-33(21(3)4)12-7-13-35(28(36)25-8-5-6-11-31-25)26-17-23(30)10-9-22(26)19-34/h5-6,8-11,17-18,20-21H,7,12-16,19H2,1-4H3. The van der Waals surface area contributed by atoms with Crippen LogP contribution >= 0.6 is 0 Å².